The van der Waals surface area contributed by atoms with E-state index in [4.69, 9.17) is 10.00 Å². The zero-order valence-electron chi connectivity index (χ0n) is 10.3. The van der Waals surface area contributed by atoms with Gasteiger partial charge in [-0.05, 0) is 29.3 Å². The van der Waals surface area contributed by atoms with Gasteiger partial charge in [-0.1, -0.05) is 40.2 Å². The lowest BCUT2D eigenvalue weighted by molar-refractivity contribution is -0.255. The highest BCUT2D eigenvalue weighted by Gasteiger charge is 2.04. The first-order valence-corrected chi connectivity index (χ1v) is 6.52. The first kappa shape index (κ1) is 14.1. The maximum Gasteiger partial charge on any atom is 0.137 e. The molecule has 0 bridgehead atoms. The Morgan fingerprint density at radius 3 is 2.55 bits per heavy atom. The first-order valence-electron chi connectivity index (χ1n) is 5.73. The van der Waals surface area contributed by atoms with Crippen LogP contribution in [-0.4, -0.2) is 5.97 Å². The minimum absolute atomic E-state index is 0.120. The molecule has 2 rings (SSSR count). The minimum atomic E-state index is -1.21. The number of halogens is 1. The highest BCUT2D eigenvalue weighted by atomic mass is 79.9. The van der Waals surface area contributed by atoms with Gasteiger partial charge >= 0.3 is 0 Å². The SMILES string of the molecule is N#Cc1cc(Br)ccc1OCc1ccc(C(=O)[O-])cc1. The average Bonchev–Trinajstić information content (AvgIpc) is 2.46. The van der Waals surface area contributed by atoms with Crippen molar-refractivity contribution in [1.82, 2.24) is 0 Å². The first-order chi connectivity index (χ1) is 9.60. The topological polar surface area (TPSA) is 73.1 Å². The fraction of sp³-hybridized carbons (Fsp3) is 0.0667. The van der Waals surface area contributed by atoms with Gasteiger partial charge in [-0.15, -0.1) is 0 Å². The van der Waals surface area contributed by atoms with Gasteiger partial charge in [-0.2, -0.15) is 5.26 Å². The summed E-state index contributed by atoms with van der Waals surface area (Å²) in [4.78, 5) is 10.6. The molecule has 0 atom stereocenters. The van der Waals surface area contributed by atoms with E-state index in [2.05, 4.69) is 22.0 Å². The molecular formula is C15H9BrNO3-. The summed E-state index contributed by atoms with van der Waals surface area (Å²) < 4.78 is 6.37. The van der Waals surface area contributed by atoms with Crippen LogP contribution in [0.25, 0.3) is 0 Å². The molecular weight excluding hydrogens is 322 g/mol. The summed E-state index contributed by atoms with van der Waals surface area (Å²) in [5.41, 5.74) is 1.36. The Kier molecular flexibility index (Phi) is 4.38. The Bertz CT molecular complexity index is 675. The fourth-order valence-corrected chi connectivity index (χ4v) is 1.97. The molecule has 4 nitrogen and oxygen atoms in total. The van der Waals surface area contributed by atoms with Crippen molar-refractivity contribution in [3.8, 4) is 11.8 Å². The fourth-order valence-electron chi connectivity index (χ4n) is 1.61. The van der Waals surface area contributed by atoms with E-state index in [-0.39, 0.29) is 12.2 Å². The van der Waals surface area contributed by atoms with Crippen molar-refractivity contribution in [2.45, 2.75) is 6.61 Å². The number of rotatable bonds is 4. The number of hydrogen-bond donors (Lipinski definition) is 0. The minimum Gasteiger partial charge on any atom is -0.545 e. The Morgan fingerprint density at radius 1 is 1.25 bits per heavy atom. The third-order valence-electron chi connectivity index (χ3n) is 2.65. The quantitative estimate of drug-likeness (QED) is 0.861. The van der Waals surface area contributed by atoms with Gasteiger partial charge in [-0.25, -0.2) is 0 Å². The number of carbonyl (C=O) groups is 1. The summed E-state index contributed by atoms with van der Waals surface area (Å²) in [6, 6.07) is 13.4. The smallest absolute Gasteiger partial charge is 0.137 e. The molecule has 0 heterocycles. The number of carboxylic acids is 1. The number of nitrogens with zero attached hydrogens (tertiary/aromatic N) is 1. The van der Waals surface area contributed by atoms with Gasteiger partial charge in [0.1, 0.15) is 18.4 Å². The van der Waals surface area contributed by atoms with Crippen molar-refractivity contribution in [2.75, 3.05) is 0 Å². The predicted molar refractivity (Wildman–Crippen MR) is 74.0 cm³/mol. The van der Waals surface area contributed by atoms with Gasteiger partial charge in [0.2, 0.25) is 0 Å². The molecule has 0 aliphatic heterocycles. The van der Waals surface area contributed by atoms with E-state index in [1.54, 1.807) is 30.3 Å². The molecule has 0 aliphatic carbocycles. The van der Waals surface area contributed by atoms with Crippen LogP contribution >= 0.6 is 15.9 Å². The summed E-state index contributed by atoms with van der Waals surface area (Å²) in [5.74, 6) is -0.725. The molecule has 5 heteroatoms. The maximum atomic E-state index is 10.6. The third-order valence-corrected chi connectivity index (χ3v) is 3.14. The van der Waals surface area contributed by atoms with Gasteiger partial charge in [0.05, 0.1) is 11.5 Å². The average molecular weight is 331 g/mol. The van der Waals surface area contributed by atoms with E-state index in [0.717, 1.165) is 10.0 Å². The lowest BCUT2D eigenvalue weighted by Crippen LogP contribution is -2.22. The van der Waals surface area contributed by atoms with Crippen LogP contribution in [0.4, 0.5) is 0 Å². The number of ether oxygens (including phenoxy) is 1. The van der Waals surface area contributed by atoms with Crippen molar-refractivity contribution in [3.05, 3.63) is 63.6 Å². The van der Waals surface area contributed by atoms with Gasteiger partial charge in [0.25, 0.3) is 0 Å². The Morgan fingerprint density at radius 2 is 1.95 bits per heavy atom. The monoisotopic (exact) mass is 330 g/mol. The van der Waals surface area contributed by atoms with Crippen LogP contribution in [0.3, 0.4) is 0 Å². The summed E-state index contributed by atoms with van der Waals surface area (Å²) in [6.07, 6.45) is 0. The number of hydrogen-bond acceptors (Lipinski definition) is 4. The van der Waals surface area contributed by atoms with E-state index in [0.29, 0.717) is 11.3 Å². The second-order valence-electron chi connectivity index (χ2n) is 4.03. The molecule has 2 aromatic carbocycles. The molecule has 0 spiro atoms. The number of aromatic carboxylic acids is 1. The van der Waals surface area contributed by atoms with Crippen molar-refractivity contribution in [1.29, 1.82) is 5.26 Å². The molecule has 0 unspecified atom stereocenters. The Labute approximate surface area is 124 Å². The molecule has 0 amide bonds. The van der Waals surface area contributed by atoms with E-state index >= 15 is 0 Å². The molecule has 20 heavy (non-hydrogen) atoms. The second-order valence-corrected chi connectivity index (χ2v) is 4.94. The summed E-state index contributed by atoms with van der Waals surface area (Å²) >= 11 is 3.29. The lowest BCUT2D eigenvalue weighted by atomic mass is 10.1. The van der Waals surface area contributed by atoms with Crippen LogP contribution in [0.15, 0.2) is 46.9 Å². The zero-order valence-corrected chi connectivity index (χ0v) is 11.9. The largest absolute Gasteiger partial charge is 0.545 e. The number of nitriles is 1. The van der Waals surface area contributed by atoms with Crippen molar-refractivity contribution in [3.63, 3.8) is 0 Å². The van der Waals surface area contributed by atoms with Crippen LogP contribution in [0.2, 0.25) is 0 Å². The Hall–Kier alpha value is -2.32. The summed E-state index contributed by atoms with van der Waals surface area (Å²) in [7, 11) is 0. The second kappa shape index (κ2) is 6.22. The molecule has 0 fully saturated rings. The van der Waals surface area contributed by atoms with Gasteiger partial charge in [0, 0.05) is 4.47 Å². The molecule has 0 saturated carbocycles. The number of benzene rings is 2. The number of carboxylic acid groups (broad SMARTS) is 1. The van der Waals surface area contributed by atoms with Crippen molar-refractivity contribution >= 4 is 21.9 Å². The highest BCUT2D eigenvalue weighted by molar-refractivity contribution is 9.10. The van der Waals surface area contributed by atoms with Crippen molar-refractivity contribution < 1.29 is 14.6 Å². The Balaban J connectivity index is 2.09. The van der Waals surface area contributed by atoms with E-state index in [9.17, 15) is 9.90 Å². The standard InChI is InChI=1S/C15H10BrNO3/c16-13-5-6-14(12(7-13)8-17)20-9-10-1-3-11(4-2-10)15(18)19/h1-7H,9H2,(H,18,19)/p-1. The maximum absolute atomic E-state index is 10.6. The summed E-state index contributed by atoms with van der Waals surface area (Å²) in [6.45, 7) is 0.254. The predicted octanol–water partition coefficient (Wildman–Crippen LogP) is 2.26. The molecule has 2 aromatic rings. The van der Waals surface area contributed by atoms with Crippen LogP contribution < -0.4 is 9.84 Å². The molecule has 0 saturated heterocycles. The van der Waals surface area contributed by atoms with Gasteiger partial charge < -0.3 is 14.6 Å². The van der Waals surface area contributed by atoms with Crippen LogP contribution in [-0.2, 0) is 6.61 Å². The van der Waals surface area contributed by atoms with Gasteiger partial charge in [0.15, 0.2) is 0 Å². The zero-order chi connectivity index (χ0) is 14.5. The highest BCUT2D eigenvalue weighted by Crippen LogP contribution is 2.23. The summed E-state index contributed by atoms with van der Waals surface area (Å²) in [5, 5.41) is 19.6. The molecule has 0 N–H and O–H groups in total. The molecule has 0 radical (unpaired) electrons. The van der Waals surface area contributed by atoms with Gasteiger partial charge in [-0.3, -0.25) is 0 Å². The van der Waals surface area contributed by atoms with E-state index in [1.807, 2.05) is 0 Å². The molecule has 0 aromatic heterocycles. The normalized spacial score (nSPS) is 9.80. The molecule has 0 aliphatic rings. The number of carbonyl (C=O) groups excluding carboxylic acids is 1. The molecule has 100 valence electrons. The third kappa shape index (κ3) is 3.37. The van der Waals surface area contributed by atoms with Crippen molar-refractivity contribution in [2.24, 2.45) is 0 Å². The lowest BCUT2D eigenvalue weighted by Gasteiger charge is -2.09. The van der Waals surface area contributed by atoms with E-state index < -0.39 is 5.97 Å². The van der Waals surface area contributed by atoms with Crippen LogP contribution in [0.5, 0.6) is 5.75 Å². The van der Waals surface area contributed by atoms with E-state index in [1.165, 1.54) is 12.1 Å². The van der Waals surface area contributed by atoms with Crippen LogP contribution in [0.1, 0.15) is 21.5 Å². The van der Waals surface area contributed by atoms with Crippen LogP contribution in [0, 0.1) is 11.3 Å².